The lowest BCUT2D eigenvalue weighted by Gasteiger charge is -2.20. The molecule has 0 bridgehead atoms. The second kappa shape index (κ2) is 8.53. The molecule has 0 saturated heterocycles. The zero-order valence-electron chi connectivity index (χ0n) is 10.8. The van der Waals surface area contributed by atoms with Crippen LogP contribution in [0.4, 0.5) is 0 Å². The molecule has 0 aromatic heterocycles. The fourth-order valence-electron chi connectivity index (χ4n) is 1.62. The van der Waals surface area contributed by atoms with E-state index in [2.05, 4.69) is 26.1 Å². The highest BCUT2D eigenvalue weighted by Crippen LogP contribution is 2.04. The van der Waals surface area contributed by atoms with Crippen molar-refractivity contribution in [3.05, 3.63) is 0 Å². The van der Waals surface area contributed by atoms with Crippen molar-refractivity contribution in [2.24, 2.45) is 17.4 Å². The molecule has 5 N–H and O–H groups in total. The third-order valence-corrected chi connectivity index (χ3v) is 2.60. The molecule has 0 aromatic carbocycles. The van der Waals surface area contributed by atoms with Gasteiger partial charge in [-0.05, 0) is 18.8 Å². The van der Waals surface area contributed by atoms with Gasteiger partial charge in [-0.2, -0.15) is 0 Å². The number of hydrogen-bond acceptors (Lipinski definition) is 3. The molecule has 16 heavy (non-hydrogen) atoms. The van der Waals surface area contributed by atoms with E-state index < -0.39 is 6.04 Å². The van der Waals surface area contributed by atoms with Crippen LogP contribution in [0.3, 0.4) is 0 Å². The average Bonchev–Trinajstić information content (AvgIpc) is 2.22. The Bertz CT molecular complexity index is 195. The van der Waals surface area contributed by atoms with Crippen molar-refractivity contribution in [2.45, 2.75) is 58.5 Å². The fraction of sp³-hybridized carbons (Fsp3) is 0.917. The van der Waals surface area contributed by atoms with Crippen LogP contribution in [-0.2, 0) is 4.79 Å². The minimum Gasteiger partial charge on any atom is -0.351 e. The van der Waals surface area contributed by atoms with E-state index in [4.69, 9.17) is 11.5 Å². The van der Waals surface area contributed by atoms with E-state index in [0.29, 0.717) is 12.5 Å². The maximum absolute atomic E-state index is 11.7. The van der Waals surface area contributed by atoms with Gasteiger partial charge in [0, 0.05) is 12.6 Å². The molecule has 0 fully saturated rings. The molecule has 0 aliphatic rings. The SMILES string of the molecule is CCCCC(CN)NC(=O)[C@@H](N)CC(C)C. The molecule has 0 radical (unpaired) electrons. The van der Waals surface area contributed by atoms with Gasteiger partial charge >= 0.3 is 0 Å². The predicted molar refractivity (Wildman–Crippen MR) is 67.9 cm³/mol. The summed E-state index contributed by atoms with van der Waals surface area (Å²) in [6.45, 7) is 6.73. The number of carbonyl (C=O) groups is 1. The zero-order chi connectivity index (χ0) is 12.6. The molecule has 1 amide bonds. The van der Waals surface area contributed by atoms with Gasteiger partial charge < -0.3 is 16.8 Å². The van der Waals surface area contributed by atoms with Crippen LogP contribution >= 0.6 is 0 Å². The number of rotatable bonds is 8. The van der Waals surface area contributed by atoms with Gasteiger partial charge in [-0.1, -0.05) is 33.6 Å². The van der Waals surface area contributed by atoms with Gasteiger partial charge in [0.2, 0.25) is 5.91 Å². The Morgan fingerprint density at radius 2 is 2.00 bits per heavy atom. The summed E-state index contributed by atoms with van der Waals surface area (Å²) in [7, 11) is 0. The maximum Gasteiger partial charge on any atom is 0.237 e. The maximum atomic E-state index is 11.7. The van der Waals surface area contributed by atoms with Crippen LogP contribution in [0.15, 0.2) is 0 Å². The molecule has 96 valence electrons. The molecule has 0 aliphatic carbocycles. The lowest BCUT2D eigenvalue weighted by atomic mass is 10.0. The Morgan fingerprint density at radius 1 is 1.38 bits per heavy atom. The van der Waals surface area contributed by atoms with Gasteiger partial charge in [-0.15, -0.1) is 0 Å². The van der Waals surface area contributed by atoms with E-state index in [0.717, 1.165) is 25.7 Å². The Hall–Kier alpha value is -0.610. The number of carbonyl (C=O) groups excluding carboxylic acids is 1. The minimum atomic E-state index is -0.407. The summed E-state index contributed by atoms with van der Waals surface area (Å²) >= 11 is 0. The standard InChI is InChI=1S/C12H27N3O/c1-4-5-6-10(8-13)15-12(16)11(14)7-9(2)3/h9-11H,4-8,13-14H2,1-3H3,(H,15,16)/t10?,11-/m0/s1. The van der Waals surface area contributed by atoms with Crippen LogP contribution in [0.2, 0.25) is 0 Å². The normalized spacial score (nSPS) is 14.9. The van der Waals surface area contributed by atoms with E-state index >= 15 is 0 Å². The highest BCUT2D eigenvalue weighted by Gasteiger charge is 2.17. The molecular formula is C12H27N3O. The molecule has 1 unspecified atom stereocenters. The van der Waals surface area contributed by atoms with E-state index in [-0.39, 0.29) is 11.9 Å². The Labute approximate surface area is 99.1 Å². The van der Waals surface area contributed by atoms with Crippen molar-refractivity contribution in [3.8, 4) is 0 Å². The molecule has 4 nitrogen and oxygen atoms in total. The fourth-order valence-corrected chi connectivity index (χ4v) is 1.62. The van der Waals surface area contributed by atoms with Crippen LogP contribution < -0.4 is 16.8 Å². The van der Waals surface area contributed by atoms with Crippen LogP contribution in [0.25, 0.3) is 0 Å². The highest BCUT2D eigenvalue weighted by atomic mass is 16.2. The first-order chi connectivity index (χ1) is 7.51. The molecule has 4 heteroatoms. The predicted octanol–water partition coefficient (Wildman–Crippen LogP) is 0.994. The van der Waals surface area contributed by atoms with Gasteiger partial charge in [-0.3, -0.25) is 4.79 Å². The summed E-state index contributed by atoms with van der Waals surface area (Å²) in [5, 5.41) is 2.92. The largest absolute Gasteiger partial charge is 0.351 e. The van der Waals surface area contributed by atoms with Gasteiger partial charge in [-0.25, -0.2) is 0 Å². The first-order valence-electron chi connectivity index (χ1n) is 6.27. The van der Waals surface area contributed by atoms with Crippen LogP contribution in [-0.4, -0.2) is 24.5 Å². The first kappa shape index (κ1) is 15.4. The Balaban J connectivity index is 3.98. The van der Waals surface area contributed by atoms with E-state index in [9.17, 15) is 4.79 Å². The number of unbranched alkanes of at least 4 members (excludes halogenated alkanes) is 1. The summed E-state index contributed by atoms with van der Waals surface area (Å²) in [5.74, 6) is 0.368. The smallest absolute Gasteiger partial charge is 0.237 e. The van der Waals surface area contributed by atoms with Gasteiger partial charge in [0.05, 0.1) is 6.04 Å². The highest BCUT2D eigenvalue weighted by molar-refractivity contribution is 5.81. The second-order valence-electron chi connectivity index (χ2n) is 4.82. The number of amides is 1. The quantitative estimate of drug-likeness (QED) is 0.580. The lowest BCUT2D eigenvalue weighted by Crippen LogP contribution is -2.48. The third-order valence-electron chi connectivity index (χ3n) is 2.60. The zero-order valence-corrected chi connectivity index (χ0v) is 10.8. The van der Waals surface area contributed by atoms with Gasteiger partial charge in [0.25, 0.3) is 0 Å². The van der Waals surface area contributed by atoms with Gasteiger partial charge in [0.15, 0.2) is 0 Å². The van der Waals surface area contributed by atoms with E-state index in [1.54, 1.807) is 0 Å². The summed E-state index contributed by atoms with van der Waals surface area (Å²) in [6.07, 6.45) is 3.86. The third kappa shape index (κ3) is 6.80. The molecule has 0 rings (SSSR count). The van der Waals surface area contributed by atoms with Crippen molar-refractivity contribution in [3.63, 3.8) is 0 Å². The molecule has 0 spiro atoms. The first-order valence-corrected chi connectivity index (χ1v) is 6.27. The Kier molecular flexibility index (Phi) is 8.21. The number of hydrogen-bond donors (Lipinski definition) is 3. The second-order valence-corrected chi connectivity index (χ2v) is 4.82. The topological polar surface area (TPSA) is 81.1 Å². The van der Waals surface area contributed by atoms with Crippen LogP contribution in [0.1, 0.15) is 46.5 Å². The van der Waals surface area contributed by atoms with Crippen LogP contribution in [0.5, 0.6) is 0 Å². The molecule has 2 atom stereocenters. The summed E-state index contributed by atoms with van der Waals surface area (Å²) in [6, 6.07) is -0.332. The summed E-state index contributed by atoms with van der Waals surface area (Å²) in [5.41, 5.74) is 11.4. The van der Waals surface area contributed by atoms with Crippen LogP contribution in [0, 0.1) is 5.92 Å². The monoisotopic (exact) mass is 229 g/mol. The van der Waals surface area contributed by atoms with E-state index in [1.807, 2.05) is 0 Å². The van der Waals surface area contributed by atoms with Crippen molar-refractivity contribution in [1.82, 2.24) is 5.32 Å². The molecular weight excluding hydrogens is 202 g/mol. The van der Waals surface area contributed by atoms with Gasteiger partial charge in [0.1, 0.15) is 0 Å². The summed E-state index contributed by atoms with van der Waals surface area (Å²) < 4.78 is 0. The number of nitrogens with two attached hydrogens (primary N) is 2. The number of nitrogens with one attached hydrogen (secondary N) is 1. The minimum absolute atomic E-state index is 0.0692. The molecule has 0 aliphatic heterocycles. The van der Waals surface area contributed by atoms with Crippen molar-refractivity contribution >= 4 is 5.91 Å². The lowest BCUT2D eigenvalue weighted by molar-refractivity contribution is -0.123. The Morgan fingerprint density at radius 3 is 2.44 bits per heavy atom. The summed E-state index contributed by atoms with van der Waals surface area (Å²) in [4.78, 5) is 11.7. The molecule has 0 aromatic rings. The van der Waals surface area contributed by atoms with E-state index in [1.165, 1.54) is 0 Å². The van der Waals surface area contributed by atoms with Crippen molar-refractivity contribution in [1.29, 1.82) is 0 Å². The average molecular weight is 229 g/mol. The molecule has 0 saturated carbocycles. The van der Waals surface area contributed by atoms with Crippen molar-refractivity contribution in [2.75, 3.05) is 6.54 Å². The van der Waals surface area contributed by atoms with Crippen molar-refractivity contribution < 1.29 is 4.79 Å². The molecule has 0 heterocycles.